The fourth-order valence-electron chi connectivity index (χ4n) is 5.12. The molecule has 210 valence electrons. The lowest BCUT2D eigenvalue weighted by Crippen LogP contribution is -2.21. The van der Waals surface area contributed by atoms with Crippen molar-refractivity contribution in [1.29, 1.82) is 0 Å². The van der Waals surface area contributed by atoms with Crippen molar-refractivity contribution in [1.82, 2.24) is 0 Å². The van der Waals surface area contributed by atoms with Crippen LogP contribution < -0.4 is 9.80 Å². The molecule has 0 aliphatic heterocycles. The van der Waals surface area contributed by atoms with E-state index in [1.165, 1.54) is 44.8 Å². The molecule has 0 spiro atoms. The zero-order chi connectivity index (χ0) is 29.0. The molecule has 2 nitrogen and oxygen atoms in total. The normalized spacial score (nSPS) is 11.3. The maximum atomic E-state index is 2.40. The van der Waals surface area contributed by atoms with E-state index in [0.717, 1.165) is 26.2 Å². The molecule has 0 unspecified atom stereocenters. The Morgan fingerprint density at radius 2 is 0.786 bits per heavy atom. The number of hydrogen-bond donors (Lipinski definition) is 0. The van der Waals surface area contributed by atoms with Crippen LogP contribution in [0.25, 0.3) is 24.3 Å². The maximum absolute atomic E-state index is 2.40. The van der Waals surface area contributed by atoms with Crippen molar-refractivity contribution in [2.75, 3.05) is 22.9 Å². The summed E-state index contributed by atoms with van der Waals surface area (Å²) in [6, 6.07) is 47.6. The first-order valence-corrected chi connectivity index (χ1v) is 14.9. The molecule has 0 amide bonds. The van der Waals surface area contributed by atoms with Crippen LogP contribution in [-0.2, 0) is 13.1 Å². The van der Waals surface area contributed by atoms with E-state index in [-0.39, 0.29) is 0 Å². The Morgan fingerprint density at radius 3 is 1.17 bits per heavy atom. The molecule has 5 aromatic carbocycles. The fraction of sp³-hybridized carbons (Fsp3) is 0.150. The molecule has 0 aromatic heterocycles. The molecule has 5 aromatic rings. The number of anilines is 2. The van der Waals surface area contributed by atoms with E-state index in [0.29, 0.717) is 0 Å². The first kappa shape index (κ1) is 28.7. The van der Waals surface area contributed by atoms with Gasteiger partial charge in [0.05, 0.1) is 0 Å². The molecule has 0 radical (unpaired) electrons. The average molecular weight is 549 g/mol. The van der Waals surface area contributed by atoms with E-state index in [9.17, 15) is 0 Å². The predicted molar refractivity (Wildman–Crippen MR) is 184 cm³/mol. The molecule has 2 heteroatoms. The standard InChI is InChI=1S/C40H40N2/c1-3-41(31-37-12-7-5-8-13-37)39-26-22-33(23-27-39)18-20-35-16-11-17-36(30-35)21-19-34-24-28-40(29-25-34)42(4-2)32-38-14-9-6-10-15-38/h5-30H,3-4,31-32H2,1-2H3. The summed E-state index contributed by atoms with van der Waals surface area (Å²) in [5.74, 6) is 0. The van der Waals surface area contributed by atoms with Crippen molar-refractivity contribution < 1.29 is 0 Å². The molecule has 0 saturated carbocycles. The van der Waals surface area contributed by atoms with Crippen molar-refractivity contribution in [3.63, 3.8) is 0 Å². The minimum Gasteiger partial charge on any atom is -0.367 e. The highest BCUT2D eigenvalue weighted by atomic mass is 15.1. The van der Waals surface area contributed by atoms with Gasteiger partial charge >= 0.3 is 0 Å². The van der Waals surface area contributed by atoms with Crippen molar-refractivity contribution in [2.45, 2.75) is 26.9 Å². The summed E-state index contributed by atoms with van der Waals surface area (Å²) in [6.45, 7) is 8.20. The monoisotopic (exact) mass is 548 g/mol. The fourth-order valence-corrected chi connectivity index (χ4v) is 5.12. The molecule has 0 aliphatic rings. The van der Waals surface area contributed by atoms with Gasteiger partial charge in [0, 0.05) is 37.6 Å². The first-order valence-electron chi connectivity index (χ1n) is 14.9. The van der Waals surface area contributed by atoms with Crippen LogP contribution >= 0.6 is 0 Å². The summed E-state index contributed by atoms with van der Waals surface area (Å²) in [4.78, 5) is 4.80. The molecule has 0 saturated heterocycles. The Morgan fingerprint density at radius 1 is 0.405 bits per heavy atom. The van der Waals surface area contributed by atoms with Crippen molar-refractivity contribution in [3.8, 4) is 0 Å². The highest BCUT2D eigenvalue weighted by molar-refractivity contribution is 5.75. The molecule has 0 bridgehead atoms. The third-order valence-corrected chi connectivity index (χ3v) is 7.56. The highest BCUT2D eigenvalue weighted by Gasteiger charge is 2.06. The molecule has 5 rings (SSSR count). The summed E-state index contributed by atoms with van der Waals surface area (Å²) < 4.78 is 0. The minimum atomic E-state index is 0.919. The van der Waals surface area contributed by atoms with Crippen LogP contribution in [0.1, 0.15) is 47.2 Å². The van der Waals surface area contributed by atoms with Crippen LogP contribution in [0.15, 0.2) is 133 Å². The van der Waals surface area contributed by atoms with Crippen molar-refractivity contribution in [2.24, 2.45) is 0 Å². The number of hydrogen-bond acceptors (Lipinski definition) is 2. The SMILES string of the molecule is CCN(Cc1ccccc1)c1ccc(C=Cc2cccc(C=Cc3ccc(N(CC)Cc4ccccc4)cc3)c2)cc1. The Bertz CT molecular complexity index is 1450. The van der Waals surface area contributed by atoms with Crippen LogP contribution in [0.4, 0.5) is 11.4 Å². The van der Waals surface area contributed by atoms with Gasteiger partial charge in [-0.2, -0.15) is 0 Å². The second-order valence-corrected chi connectivity index (χ2v) is 10.5. The van der Waals surface area contributed by atoms with E-state index < -0.39 is 0 Å². The zero-order valence-electron chi connectivity index (χ0n) is 24.7. The van der Waals surface area contributed by atoms with Gasteiger partial charge in [-0.3, -0.25) is 0 Å². The molecule has 0 aliphatic carbocycles. The lowest BCUT2D eigenvalue weighted by atomic mass is 10.1. The molecule has 0 heterocycles. The maximum Gasteiger partial charge on any atom is 0.0429 e. The van der Waals surface area contributed by atoms with Gasteiger partial charge in [0.1, 0.15) is 0 Å². The summed E-state index contributed by atoms with van der Waals surface area (Å²) in [5, 5.41) is 0. The smallest absolute Gasteiger partial charge is 0.0429 e. The van der Waals surface area contributed by atoms with Crippen LogP contribution in [-0.4, -0.2) is 13.1 Å². The molecule has 0 atom stereocenters. The second kappa shape index (κ2) is 14.7. The topological polar surface area (TPSA) is 6.48 Å². The molecule has 0 N–H and O–H groups in total. The molecule has 42 heavy (non-hydrogen) atoms. The average Bonchev–Trinajstić information content (AvgIpc) is 3.06. The van der Waals surface area contributed by atoms with Crippen molar-refractivity contribution in [3.05, 3.63) is 167 Å². The number of rotatable bonds is 12. The summed E-state index contributed by atoms with van der Waals surface area (Å²) in [7, 11) is 0. The van der Waals surface area contributed by atoms with Gasteiger partial charge in [0.15, 0.2) is 0 Å². The van der Waals surface area contributed by atoms with Gasteiger partial charge < -0.3 is 9.80 Å². The number of nitrogens with zero attached hydrogens (tertiary/aromatic N) is 2. The lowest BCUT2D eigenvalue weighted by molar-refractivity contribution is 0.832. The van der Waals surface area contributed by atoms with Crippen molar-refractivity contribution >= 4 is 35.7 Å². The Labute approximate surface area is 251 Å². The van der Waals surface area contributed by atoms with Crippen LogP contribution in [0.2, 0.25) is 0 Å². The zero-order valence-corrected chi connectivity index (χ0v) is 24.7. The number of benzene rings is 5. The Kier molecular flexibility index (Phi) is 10.0. The van der Waals surface area contributed by atoms with E-state index in [4.69, 9.17) is 0 Å². The van der Waals surface area contributed by atoms with Gasteiger partial charge in [-0.05, 0) is 77.6 Å². The third kappa shape index (κ3) is 8.11. The molecular formula is C40H40N2. The Balaban J connectivity index is 1.19. The van der Waals surface area contributed by atoms with E-state index in [2.05, 4.69) is 181 Å². The summed E-state index contributed by atoms with van der Waals surface area (Å²) in [6.07, 6.45) is 8.75. The van der Waals surface area contributed by atoms with E-state index in [1.807, 2.05) is 0 Å². The van der Waals surface area contributed by atoms with Gasteiger partial charge in [0.2, 0.25) is 0 Å². The lowest BCUT2D eigenvalue weighted by Gasteiger charge is -2.23. The summed E-state index contributed by atoms with van der Waals surface area (Å²) >= 11 is 0. The third-order valence-electron chi connectivity index (χ3n) is 7.56. The van der Waals surface area contributed by atoms with E-state index >= 15 is 0 Å². The largest absolute Gasteiger partial charge is 0.367 e. The van der Waals surface area contributed by atoms with Crippen LogP contribution in [0, 0.1) is 0 Å². The second-order valence-electron chi connectivity index (χ2n) is 10.5. The van der Waals surface area contributed by atoms with Gasteiger partial charge in [0.25, 0.3) is 0 Å². The first-order chi connectivity index (χ1) is 20.7. The van der Waals surface area contributed by atoms with Crippen LogP contribution in [0.5, 0.6) is 0 Å². The Hall–Kier alpha value is -4.82. The highest BCUT2D eigenvalue weighted by Crippen LogP contribution is 2.21. The summed E-state index contributed by atoms with van der Waals surface area (Å²) in [5.41, 5.74) is 9.93. The van der Waals surface area contributed by atoms with Gasteiger partial charge in [-0.15, -0.1) is 0 Å². The van der Waals surface area contributed by atoms with E-state index in [1.54, 1.807) is 0 Å². The van der Waals surface area contributed by atoms with Crippen LogP contribution in [0.3, 0.4) is 0 Å². The van der Waals surface area contributed by atoms with Gasteiger partial charge in [-0.1, -0.05) is 127 Å². The molecule has 0 fully saturated rings. The predicted octanol–water partition coefficient (Wildman–Crippen LogP) is 10.1. The quantitative estimate of drug-likeness (QED) is 0.143. The van der Waals surface area contributed by atoms with Gasteiger partial charge in [-0.25, -0.2) is 0 Å². The minimum absolute atomic E-state index is 0.919. The molecular weight excluding hydrogens is 508 g/mol.